The maximum Gasteiger partial charge on any atom is 0.227 e. The Morgan fingerprint density at radius 3 is 2.30 bits per heavy atom. The third kappa shape index (κ3) is 3.62. The van der Waals surface area contributed by atoms with E-state index in [0.29, 0.717) is 44.0 Å². The molecule has 0 unspecified atom stereocenters. The molecule has 1 amide bonds. The van der Waals surface area contributed by atoms with E-state index in [1.165, 1.54) is 6.07 Å². The minimum absolute atomic E-state index is 0.1000. The molecule has 2 N–H and O–H groups in total. The van der Waals surface area contributed by atoms with Crippen LogP contribution in [0.2, 0.25) is 0 Å². The number of nitrogens with two attached hydrogens (primary N) is 1. The first kappa shape index (κ1) is 15.3. The van der Waals surface area contributed by atoms with Crippen molar-refractivity contribution in [1.82, 2.24) is 4.90 Å². The lowest BCUT2D eigenvalue weighted by molar-refractivity contribution is -0.130. The summed E-state index contributed by atoms with van der Waals surface area (Å²) in [6.07, 6.45) is 0.375. The number of hydrogen-bond donors (Lipinski definition) is 1. The third-order valence-corrected chi connectivity index (χ3v) is 4.16. The molecule has 4 nitrogen and oxygen atoms in total. The lowest BCUT2D eigenvalue weighted by Gasteiger charge is -2.36. The van der Waals surface area contributed by atoms with Crippen LogP contribution in [0.3, 0.4) is 0 Å². The van der Waals surface area contributed by atoms with E-state index in [-0.39, 0.29) is 11.7 Å². The molecule has 1 saturated heterocycles. The van der Waals surface area contributed by atoms with Crippen molar-refractivity contribution in [1.29, 1.82) is 0 Å². The number of nitrogens with zero attached hydrogens (tertiary/aromatic N) is 2. The fourth-order valence-electron chi connectivity index (χ4n) is 2.83. The summed E-state index contributed by atoms with van der Waals surface area (Å²) in [5.74, 6) is -0.114. The monoisotopic (exact) mass is 313 g/mol. The van der Waals surface area contributed by atoms with E-state index in [1.807, 2.05) is 28.0 Å². The van der Waals surface area contributed by atoms with E-state index in [4.69, 9.17) is 5.73 Å². The number of amides is 1. The quantitative estimate of drug-likeness (QED) is 0.885. The lowest BCUT2D eigenvalue weighted by atomic mass is 10.1. The molecule has 0 saturated carbocycles. The maximum absolute atomic E-state index is 13.8. The highest BCUT2D eigenvalue weighted by Gasteiger charge is 2.22. The van der Waals surface area contributed by atoms with Gasteiger partial charge in [-0.1, -0.05) is 24.3 Å². The zero-order chi connectivity index (χ0) is 16.2. The van der Waals surface area contributed by atoms with E-state index in [2.05, 4.69) is 0 Å². The minimum Gasteiger partial charge on any atom is -0.399 e. The van der Waals surface area contributed by atoms with Crippen molar-refractivity contribution in [2.75, 3.05) is 36.8 Å². The highest BCUT2D eigenvalue weighted by molar-refractivity contribution is 5.79. The molecule has 1 aliphatic heterocycles. The predicted molar refractivity (Wildman–Crippen MR) is 89.8 cm³/mol. The second-order valence-corrected chi connectivity index (χ2v) is 5.74. The van der Waals surface area contributed by atoms with Crippen molar-refractivity contribution in [3.63, 3.8) is 0 Å². The average Bonchev–Trinajstić information content (AvgIpc) is 2.57. The number of rotatable bonds is 3. The molecule has 3 rings (SSSR count). The molecule has 0 atom stereocenters. The summed E-state index contributed by atoms with van der Waals surface area (Å²) in [6.45, 7) is 2.52. The molecule has 2 aromatic carbocycles. The molecule has 1 aliphatic rings. The van der Waals surface area contributed by atoms with Crippen molar-refractivity contribution >= 4 is 17.3 Å². The van der Waals surface area contributed by atoms with Gasteiger partial charge >= 0.3 is 0 Å². The normalized spacial score (nSPS) is 14.8. The van der Waals surface area contributed by atoms with Gasteiger partial charge < -0.3 is 15.5 Å². The number of para-hydroxylation sites is 1. The number of carbonyl (C=O) groups excluding carboxylic acids is 1. The van der Waals surface area contributed by atoms with E-state index < -0.39 is 0 Å². The van der Waals surface area contributed by atoms with Crippen LogP contribution >= 0.6 is 0 Å². The summed E-state index contributed by atoms with van der Waals surface area (Å²) < 4.78 is 13.8. The van der Waals surface area contributed by atoms with E-state index in [1.54, 1.807) is 24.3 Å². The Morgan fingerprint density at radius 1 is 1.00 bits per heavy atom. The minimum atomic E-state index is -0.214. The summed E-state index contributed by atoms with van der Waals surface area (Å²) in [4.78, 5) is 16.2. The number of anilines is 2. The second-order valence-electron chi connectivity index (χ2n) is 5.74. The van der Waals surface area contributed by atoms with Gasteiger partial charge in [-0.3, -0.25) is 4.79 Å². The Bertz CT molecular complexity index is 679. The van der Waals surface area contributed by atoms with Gasteiger partial charge in [-0.05, 0) is 29.8 Å². The average molecular weight is 313 g/mol. The molecule has 0 radical (unpaired) electrons. The Balaban J connectivity index is 1.57. The molecule has 1 heterocycles. The van der Waals surface area contributed by atoms with Gasteiger partial charge in [-0.2, -0.15) is 0 Å². The molecule has 1 fully saturated rings. The number of nitrogen functional groups attached to an aromatic ring is 1. The summed E-state index contributed by atoms with van der Waals surface area (Å²) in [6, 6.07) is 14.1. The highest BCUT2D eigenvalue weighted by atomic mass is 19.1. The van der Waals surface area contributed by atoms with Gasteiger partial charge in [0.2, 0.25) is 5.91 Å². The van der Waals surface area contributed by atoms with Crippen molar-refractivity contribution < 1.29 is 9.18 Å². The summed E-state index contributed by atoms with van der Waals surface area (Å²) in [5, 5.41) is 0. The zero-order valence-electron chi connectivity index (χ0n) is 12.9. The molecular formula is C18H20FN3O. The van der Waals surface area contributed by atoms with Gasteiger partial charge in [0.1, 0.15) is 5.82 Å². The van der Waals surface area contributed by atoms with E-state index in [9.17, 15) is 9.18 Å². The fourth-order valence-corrected chi connectivity index (χ4v) is 2.83. The largest absolute Gasteiger partial charge is 0.399 e. The SMILES string of the molecule is Nc1ccc(CC(=O)N2CCN(c3ccccc3F)CC2)cc1. The number of piperazine rings is 1. The van der Waals surface area contributed by atoms with Crippen LogP contribution in [-0.4, -0.2) is 37.0 Å². The second kappa shape index (κ2) is 6.69. The van der Waals surface area contributed by atoms with Gasteiger partial charge in [-0.15, -0.1) is 0 Å². The topological polar surface area (TPSA) is 49.6 Å². The Hall–Kier alpha value is -2.56. The maximum atomic E-state index is 13.8. The van der Waals surface area contributed by atoms with Crippen LogP contribution in [0.15, 0.2) is 48.5 Å². The molecule has 120 valence electrons. The van der Waals surface area contributed by atoms with Gasteiger partial charge in [0.25, 0.3) is 0 Å². The summed E-state index contributed by atoms with van der Waals surface area (Å²) in [7, 11) is 0. The lowest BCUT2D eigenvalue weighted by Crippen LogP contribution is -2.49. The van der Waals surface area contributed by atoms with Crippen LogP contribution in [0, 0.1) is 5.82 Å². The standard InChI is InChI=1S/C18H20FN3O/c19-16-3-1-2-4-17(16)21-9-11-22(12-10-21)18(23)13-14-5-7-15(20)8-6-14/h1-8H,9-13,20H2. The van der Waals surface area contributed by atoms with Crippen molar-refractivity contribution in [3.05, 3.63) is 59.9 Å². The van der Waals surface area contributed by atoms with Gasteiger partial charge in [0, 0.05) is 31.9 Å². The molecule has 23 heavy (non-hydrogen) atoms. The predicted octanol–water partition coefficient (Wildman–Crippen LogP) is 2.30. The van der Waals surface area contributed by atoms with E-state index in [0.717, 1.165) is 5.56 Å². The van der Waals surface area contributed by atoms with Crippen molar-refractivity contribution in [2.45, 2.75) is 6.42 Å². The first-order valence-corrected chi connectivity index (χ1v) is 7.75. The smallest absolute Gasteiger partial charge is 0.227 e. The fraction of sp³-hybridized carbons (Fsp3) is 0.278. The van der Waals surface area contributed by atoms with Crippen LogP contribution in [0.4, 0.5) is 15.8 Å². The molecule has 0 spiro atoms. The number of benzene rings is 2. The number of carbonyl (C=O) groups is 1. The first-order chi connectivity index (χ1) is 11.1. The van der Waals surface area contributed by atoms with Crippen molar-refractivity contribution in [3.8, 4) is 0 Å². The highest BCUT2D eigenvalue weighted by Crippen LogP contribution is 2.20. The molecule has 2 aromatic rings. The number of halogens is 1. The summed E-state index contributed by atoms with van der Waals surface area (Å²) >= 11 is 0. The van der Waals surface area contributed by atoms with Crippen LogP contribution < -0.4 is 10.6 Å². The van der Waals surface area contributed by atoms with Crippen LogP contribution in [0.1, 0.15) is 5.56 Å². The van der Waals surface area contributed by atoms with Gasteiger partial charge in [-0.25, -0.2) is 4.39 Å². The Kier molecular flexibility index (Phi) is 4.46. The molecule has 0 aromatic heterocycles. The number of hydrogen-bond acceptors (Lipinski definition) is 3. The van der Waals surface area contributed by atoms with Crippen molar-refractivity contribution in [2.24, 2.45) is 0 Å². The Labute approximate surface area is 135 Å². The molecule has 0 aliphatic carbocycles. The molecule has 0 bridgehead atoms. The third-order valence-electron chi connectivity index (χ3n) is 4.16. The summed E-state index contributed by atoms with van der Waals surface area (Å²) in [5.41, 5.74) is 7.91. The van der Waals surface area contributed by atoms with Gasteiger partial charge in [0.15, 0.2) is 0 Å². The van der Waals surface area contributed by atoms with Gasteiger partial charge in [0.05, 0.1) is 12.1 Å². The van der Waals surface area contributed by atoms with E-state index >= 15 is 0 Å². The zero-order valence-corrected chi connectivity index (χ0v) is 12.9. The molecular weight excluding hydrogens is 293 g/mol. The Morgan fingerprint density at radius 2 is 1.65 bits per heavy atom. The molecule has 5 heteroatoms. The first-order valence-electron chi connectivity index (χ1n) is 7.75. The van der Waals surface area contributed by atoms with Crippen LogP contribution in [-0.2, 0) is 11.2 Å². The van der Waals surface area contributed by atoms with Crippen LogP contribution in [0.25, 0.3) is 0 Å². The van der Waals surface area contributed by atoms with Crippen LogP contribution in [0.5, 0.6) is 0 Å².